The molecule has 4 aliphatic carbocycles. The molecule has 28 heavy (non-hydrogen) atoms. The molecule has 4 saturated carbocycles. The minimum atomic E-state index is -4.40. The summed E-state index contributed by atoms with van der Waals surface area (Å²) >= 11 is 0. The monoisotopic (exact) mass is 394 g/mol. The minimum Gasteiger partial charge on any atom is -0.352 e. The lowest BCUT2D eigenvalue weighted by Gasteiger charge is -2.61. The first-order valence-corrected chi connectivity index (χ1v) is 9.82. The topological polar surface area (TPSA) is 58.2 Å². The summed E-state index contributed by atoms with van der Waals surface area (Å²) in [5, 5.41) is 6.01. The largest absolute Gasteiger partial charge is 0.416 e. The van der Waals surface area contributed by atoms with Crippen LogP contribution in [0.5, 0.6) is 0 Å². The van der Waals surface area contributed by atoms with Crippen molar-refractivity contribution in [3.8, 4) is 0 Å². The maximum absolute atomic E-state index is 13.1. The molecule has 2 unspecified atom stereocenters. The number of benzene rings is 1. The number of rotatable bonds is 4. The molecule has 4 bridgehead atoms. The van der Waals surface area contributed by atoms with Crippen molar-refractivity contribution in [2.24, 2.45) is 17.3 Å². The van der Waals surface area contributed by atoms with Gasteiger partial charge in [-0.05, 0) is 68.1 Å². The number of hydrogen-bond acceptors (Lipinski definition) is 2. The standard InChI is InChI=1S/C21H25F3N2O2/c1-13(27)26-20-9-15-5-16(10-20)8-19(7-15,12-20)18(28)25-11-14-3-2-4-17(6-14)21(22,23)24/h2-4,6,15-16H,5,7-12H2,1H3,(H,25,28)(H,26,27). The average Bonchev–Trinajstić information content (AvgIpc) is 2.56. The van der Waals surface area contributed by atoms with Gasteiger partial charge in [-0.3, -0.25) is 9.59 Å². The number of amides is 2. The Morgan fingerprint density at radius 3 is 2.43 bits per heavy atom. The quantitative estimate of drug-likeness (QED) is 0.816. The Hall–Kier alpha value is -2.05. The van der Waals surface area contributed by atoms with Crippen molar-refractivity contribution < 1.29 is 22.8 Å². The van der Waals surface area contributed by atoms with E-state index in [9.17, 15) is 22.8 Å². The van der Waals surface area contributed by atoms with E-state index in [0.717, 1.165) is 44.2 Å². The van der Waals surface area contributed by atoms with Crippen molar-refractivity contribution in [3.63, 3.8) is 0 Å². The van der Waals surface area contributed by atoms with Crippen LogP contribution in [0.15, 0.2) is 24.3 Å². The second-order valence-electron chi connectivity index (χ2n) is 9.08. The van der Waals surface area contributed by atoms with Gasteiger partial charge in [-0.15, -0.1) is 0 Å². The maximum Gasteiger partial charge on any atom is 0.416 e. The SMILES string of the molecule is CC(=O)NC12CC3CC(C1)CC(C(=O)NCc1cccc(C(F)(F)F)c1)(C3)C2. The summed E-state index contributed by atoms with van der Waals surface area (Å²) in [6, 6.07) is 5.06. The molecule has 0 saturated heterocycles. The van der Waals surface area contributed by atoms with Crippen LogP contribution in [0.25, 0.3) is 0 Å². The zero-order valence-electron chi connectivity index (χ0n) is 15.9. The number of halogens is 3. The number of nitrogens with one attached hydrogen (secondary N) is 2. The molecule has 2 amide bonds. The van der Waals surface area contributed by atoms with Crippen LogP contribution in [-0.2, 0) is 22.3 Å². The van der Waals surface area contributed by atoms with Crippen molar-refractivity contribution in [3.05, 3.63) is 35.4 Å². The van der Waals surface area contributed by atoms with Gasteiger partial charge in [-0.2, -0.15) is 13.2 Å². The molecule has 4 aliphatic rings. The van der Waals surface area contributed by atoms with Gasteiger partial charge in [0.15, 0.2) is 0 Å². The Morgan fingerprint density at radius 2 is 1.82 bits per heavy atom. The summed E-state index contributed by atoms with van der Waals surface area (Å²) in [6.45, 7) is 1.59. The van der Waals surface area contributed by atoms with Crippen LogP contribution in [0.4, 0.5) is 13.2 Å². The first kappa shape index (κ1) is 19.3. The average molecular weight is 394 g/mol. The summed E-state index contributed by atoms with van der Waals surface area (Å²) < 4.78 is 38.7. The van der Waals surface area contributed by atoms with E-state index in [2.05, 4.69) is 10.6 Å². The summed E-state index contributed by atoms with van der Waals surface area (Å²) in [5.41, 5.74) is -1.10. The second kappa shape index (κ2) is 6.49. The number of hydrogen-bond donors (Lipinski definition) is 2. The lowest BCUT2D eigenvalue weighted by Crippen LogP contribution is -2.65. The third-order valence-corrected chi connectivity index (χ3v) is 6.69. The van der Waals surface area contributed by atoms with Gasteiger partial charge < -0.3 is 10.6 Å². The highest BCUT2D eigenvalue weighted by Gasteiger charge is 2.60. The van der Waals surface area contributed by atoms with Crippen LogP contribution in [0.1, 0.15) is 56.6 Å². The van der Waals surface area contributed by atoms with E-state index >= 15 is 0 Å². The van der Waals surface area contributed by atoms with Crippen LogP contribution in [0.3, 0.4) is 0 Å². The van der Waals surface area contributed by atoms with Gasteiger partial charge in [-0.1, -0.05) is 12.1 Å². The highest BCUT2D eigenvalue weighted by atomic mass is 19.4. The lowest BCUT2D eigenvalue weighted by molar-refractivity contribution is -0.153. The fraction of sp³-hybridized carbons (Fsp3) is 0.619. The Kier molecular flexibility index (Phi) is 4.47. The van der Waals surface area contributed by atoms with Gasteiger partial charge in [0.1, 0.15) is 0 Å². The smallest absolute Gasteiger partial charge is 0.352 e. The van der Waals surface area contributed by atoms with Crippen LogP contribution >= 0.6 is 0 Å². The van der Waals surface area contributed by atoms with Gasteiger partial charge >= 0.3 is 6.18 Å². The molecular weight excluding hydrogens is 369 g/mol. The van der Waals surface area contributed by atoms with Crippen molar-refractivity contribution in [2.45, 2.75) is 63.7 Å². The molecule has 152 valence electrons. The lowest BCUT2D eigenvalue weighted by atomic mass is 9.46. The highest BCUT2D eigenvalue weighted by Crippen LogP contribution is 2.61. The minimum absolute atomic E-state index is 0.0681. The van der Waals surface area contributed by atoms with E-state index in [4.69, 9.17) is 0 Å². The molecular formula is C21H25F3N2O2. The predicted molar refractivity (Wildman–Crippen MR) is 97.0 cm³/mol. The molecule has 0 aliphatic heterocycles. The Balaban J connectivity index is 1.48. The third kappa shape index (κ3) is 3.51. The first-order valence-electron chi connectivity index (χ1n) is 9.82. The molecule has 4 nitrogen and oxygen atoms in total. The molecule has 5 rings (SSSR count). The molecule has 0 heterocycles. The molecule has 1 aromatic rings. The van der Waals surface area contributed by atoms with Crippen molar-refractivity contribution in [1.82, 2.24) is 10.6 Å². The summed E-state index contributed by atoms with van der Waals surface area (Å²) in [5.74, 6) is 0.690. The number of carbonyl (C=O) groups is 2. The van der Waals surface area contributed by atoms with Gasteiger partial charge in [0.25, 0.3) is 0 Å². The molecule has 2 N–H and O–H groups in total. The van der Waals surface area contributed by atoms with Crippen molar-refractivity contribution in [1.29, 1.82) is 0 Å². The van der Waals surface area contributed by atoms with Gasteiger partial charge in [0.05, 0.1) is 11.0 Å². The van der Waals surface area contributed by atoms with Crippen LogP contribution in [-0.4, -0.2) is 17.4 Å². The Bertz CT molecular complexity index is 791. The summed E-state index contributed by atoms with van der Waals surface area (Å²) in [6.07, 6.45) is 0.783. The molecule has 2 atom stereocenters. The Morgan fingerprint density at radius 1 is 1.14 bits per heavy atom. The molecule has 0 spiro atoms. The fourth-order valence-electron chi connectivity index (χ4n) is 6.28. The number of alkyl halides is 3. The molecule has 0 aromatic heterocycles. The maximum atomic E-state index is 13.1. The van der Waals surface area contributed by atoms with Crippen molar-refractivity contribution in [2.75, 3.05) is 0 Å². The van der Waals surface area contributed by atoms with Crippen LogP contribution in [0.2, 0.25) is 0 Å². The first-order chi connectivity index (χ1) is 13.1. The second-order valence-corrected chi connectivity index (χ2v) is 9.08. The molecule has 7 heteroatoms. The summed E-state index contributed by atoms with van der Waals surface area (Å²) in [7, 11) is 0. The van der Waals surface area contributed by atoms with E-state index in [1.807, 2.05) is 0 Å². The van der Waals surface area contributed by atoms with E-state index in [0.29, 0.717) is 23.8 Å². The molecule has 1 aromatic carbocycles. The number of carbonyl (C=O) groups excluding carboxylic acids is 2. The predicted octanol–water partition coefficient (Wildman–Crippen LogP) is 3.80. The zero-order chi connectivity index (χ0) is 20.2. The van der Waals surface area contributed by atoms with Gasteiger partial charge in [-0.25, -0.2) is 0 Å². The zero-order valence-corrected chi connectivity index (χ0v) is 15.9. The highest BCUT2D eigenvalue weighted by molar-refractivity contribution is 5.84. The van der Waals surface area contributed by atoms with Crippen LogP contribution < -0.4 is 10.6 Å². The normalized spacial score (nSPS) is 33.6. The van der Waals surface area contributed by atoms with Gasteiger partial charge in [0, 0.05) is 19.0 Å². The molecule has 0 radical (unpaired) electrons. The van der Waals surface area contributed by atoms with Crippen molar-refractivity contribution >= 4 is 11.8 Å². The molecule has 4 fully saturated rings. The van der Waals surface area contributed by atoms with E-state index < -0.39 is 17.2 Å². The van der Waals surface area contributed by atoms with Crippen LogP contribution in [0, 0.1) is 17.3 Å². The van der Waals surface area contributed by atoms with Gasteiger partial charge in [0.2, 0.25) is 11.8 Å². The van der Waals surface area contributed by atoms with E-state index in [1.54, 1.807) is 6.07 Å². The van der Waals surface area contributed by atoms with E-state index in [1.165, 1.54) is 13.0 Å². The third-order valence-electron chi connectivity index (χ3n) is 6.69. The van der Waals surface area contributed by atoms with E-state index in [-0.39, 0.29) is 23.9 Å². The Labute approximate surface area is 162 Å². The fourth-order valence-corrected chi connectivity index (χ4v) is 6.28. The summed E-state index contributed by atoms with van der Waals surface area (Å²) in [4.78, 5) is 24.9.